The van der Waals surface area contributed by atoms with E-state index >= 15 is 0 Å². The summed E-state index contributed by atoms with van der Waals surface area (Å²) in [4.78, 5) is 17.4. The summed E-state index contributed by atoms with van der Waals surface area (Å²) in [6.07, 6.45) is 7.17. The van der Waals surface area contributed by atoms with Crippen LogP contribution in [0.1, 0.15) is 36.0 Å². The topological polar surface area (TPSA) is 73.2 Å². The van der Waals surface area contributed by atoms with Gasteiger partial charge in [0.1, 0.15) is 6.10 Å². The summed E-state index contributed by atoms with van der Waals surface area (Å²) >= 11 is 12.1. The van der Waals surface area contributed by atoms with Gasteiger partial charge in [-0.05, 0) is 67.6 Å². The Morgan fingerprint density at radius 2 is 2.08 bits per heavy atom. The zero-order valence-electron chi connectivity index (χ0n) is 20.7. The molecule has 1 amide bonds. The van der Waals surface area contributed by atoms with Gasteiger partial charge in [-0.25, -0.2) is 0 Å². The minimum Gasteiger partial charge on any atom is -0.504 e. The van der Waals surface area contributed by atoms with Crippen LogP contribution in [0.2, 0.25) is 10.0 Å². The second-order valence-electron chi connectivity index (χ2n) is 10.7. The van der Waals surface area contributed by atoms with Crippen molar-refractivity contribution in [2.45, 2.75) is 54.9 Å². The first-order valence-electron chi connectivity index (χ1n) is 12.7. The summed E-state index contributed by atoms with van der Waals surface area (Å²) in [7, 11) is 1.79. The Bertz CT molecular complexity index is 1330. The average Bonchev–Trinajstić information content (AvgIpc) is 3.23. The first kappa shape index (κ1) is 24.8. The summed E-state index contributed by atoms with van der Waals surface area (Å²) < 4.78 is 6.55. The summed E-state index contributed by atoms with van der Waals surface area (Å²) in [5, 5.41) is 24.1. The maximum atomic E-state index is 13.3. The fourth-order valence-electron chi connectivity index (χ4n) is 7.45. The van der Waals surface area contributed by atoms with E-state index in [1.807, 2.05) is 12.1 Å². The van der Waals surface area contributed by atoms with Gasteiger partial charge in [0.2, 0.25) is 5.91 Å². The third-order valence-corrected chi connectivity index (χ3v) is 9.85. The molecule has 2 aliphatic heterocycles. The Morgan fingerprint density at radius 1 is 1.27 bits per heavy atom. The minimum atomic E-state index is -1.03. The van der Waals surface area contributed by atoms with E-state index in [0.29, 0.717) is 48.0 Å². The second-order valence-corrected chi connectivity index (χ2v) is 11.5. The van der Waals surface area contributed by atoms with Gasteiger partial charge in [0.05, 0.1) is 27.1 Å². The van der Waals surface area contributed by atoms with E-state index in [9.17, 15) is 15.0 Å². The number of carbonyl (C=O) groups excluding carboxylic acids is 1. The van der Waals surface area contributed by atoms with E-state index in [-0.39, 0.29) is 23.7 Å². The highest BCUT2D eigenvalue weighted by Gasteiger charge is 2.73. The van der Waals surface area contributed by atoms with Crippen molar-refractivity contribution in [3.8, 4) is 11.5 Å². The zero-order chi connectivity index (χ0) is 26.1. The quantitative estimate of drug-likeness (QED) is 0.429. The molecule has 2 aromatic carbocycles. The molecule has 1 saturated heterocycles. The molecule has 194 valence electrons. The molecule has 5 atom stereocenters. The van der Waals surface area contributed by atoms with Crippen LogP contribution in [0.15, 0.2) is 49.1 Å². The monoisotopic (exact) mass is 540 g/mol. The molecule has 6 nitrogen and oxygen atoms in total. The number of aliphatic hydroxyl groups is 1. The van der Waals surface area contributed by atoms with Crippen LogP contribution in [0.4, 0.5) is 0 Å². The van der Waals surface area contributed by atoms with Gasteiger partial charge in [-0.15, -0.1) is 6.58 Å². The van der Waals surface area contributed by atoms with Crippen molar-refractivity contribution >= 4 is 35.2 Å². The highest BCUT2D eigenvalue weighted by Crippen LogP contribution is 2.65. The number of likely N-dealkylation sites (tertiary alicyclic amines) is 1. The number of amides is 1. The Kier molecular flexibility index (Phi) is 5.88. The molecule has 2 aromatic rings. The number of phenolic OH excluding ortho intramolecular Hbond substituents is 1. The maximum Gasteiger partial charge on any atom is 0.246 e. The van der Waals surface area contributed by atoms with Gasteiger partial charge in [-0.1, -0.05) is 41.4 Å². The molecule has 4 aliphatic rings. The van der Waals surface area contributed by atoms with Crippen LogP contribution in [0.3, 0.4) is 0 Å². The predicted octanol–water partition coefficient (Wildman–Crippen LogP) is 4.58. The number of phenols is 1. The van der Waals surface area contributed by atoms with Crippen molar-refractivity contribution in [3.05, 3.63) is 75.8 Å². The molecule has 0 aromatic heterocycles. The van der Waals surface area contributed by atoms with Crippen molar-refractivity contribution in [3.63, 3.8) is 0 Å². The average molecular weight is 541 g/mol. The van der Waals surface area contributed by atoms with Gasteiger partial charge in [0.25, 0.3) is 0 Å². The van der Waals surface area contributed by atoms with Gasteiger partial charge >= 0.3 is 0 Å². The molecule has 6 rings (SSSR count). The predicted molar refractivity (Wildman–Crippen MR) is 144 cm³/mol. The van der Waals surface area contributed by atoms with E-state index in [0.717, 1.165) is 23.2 Å². The molecule has 2 heterocycles. The number of nitrogens with zero attached hydrogens (tertiary/aromatic N) is 2. The van der Waals surface area contributed by atoms with Crippen LogP contribution >= 0.6 is 23.2 Å². The highest BCUT2D eigenvalue weighted by molar-refractivity contribution is 6.42. The molecule has 2 aliphatic carbocycles. The lowest BCUT2D eigenvalue weighted by atomic mass is 9.48. The number of hydrogen-bond acceptors (Lipinski definition) is 5. The van der Waals surface area contributed by atoms with E-state index in [1.165, 1.54) is 6.08 Å². The number of hydrogen-bond donors (Lipinski definition) is 2. The lowest BCUT2D eigenvalue weighted by Gasteiger charge is -2.64. The molecule has 1 saturated carbocycles. The van der Waals surface area contributed by atoms with Crippen molar-refractivity contribution in [2.24, 2.45) is 0 Å². The summed E-state index contributed by atoms with van der Waals surface area (Å²) in [6.45, 7) is 5.42. The number of likely N-dealkylation sites (N-methyl/N-ethyl adjacent to an activating group) is 1. The standard InChI is InChI=1S/C29H30Cl2N2O4/c1-3-13-33-14-12-28-25-18-6-8-22(34)26(25)37-27(28)21(10-11-29(28,36)23(33)16-18)32(2)24(35)9-5-17-4-7-19(30)20(31)15-17/h3-9,15,21,23,27,34,36H,1,10-14,16H2,2H3/t21-,23-,27+,28+,29-/m1/s1. The fraction of sp³-hybridized carbons (Fsp3) is 0.414. The molecule has 1 spiro atoms. The summed E-state index contributed by atoms with van der Waals surface area (Å²) in [5.41, 5.74) is 1.10. The Labute approximate surface area is 226 Å². The Balaban J connectivity index is 1.36. The van der Waals surface area contributed by atoms with Crippen molar-refractivity contribution in [1.29, 1.82) is 0 Å². The molecule has 37 heavy (non-hydrogen) atoms. The SMILES string of the molecule is C=CCN1CC[C@]23c4c5ccc(O)c4O[C@H]2[C@H](N(C)C(=O)C=Cc2ccc(Cl)c(Cl)c2)CC[C@@]3(O)[C@H]1C5. The van der Waals surface area contributed by atoms with Crippen molar-refractivity contribution in [2.75, 3.05) is 20.1 Å². The number of aromatic hydroxyl groups is 1. The first-order valence-corrected chi connectivity index (χ1v) is 13.5. The lowest BCUT2D eigenvalue weighted by molar-refractivity contribution is -0.198. The minimum absolute atomic E-state index is 0.0788. The smallest absolute Gasteiger partial charge is 0.246 e. The van der Waals surface area contributed by atoms with Crippen LogP contribution in [-0.4, -0.2) is 69.8 Å². The number of benzene rings is 2. The van der Waals surface area contributed by atoms with E-state index in [2.05, 4.69) is 11.5 Å². The van der Waals surface area contributed by atoms with E-state index in [4.69, 9.17) is 27.9 Å². The van der Waals surface area contributed by atoms with Crippen LogP contribution in [0, 0.1) is 0 Å². The summed E-state index contributed by atoms with van der Waals surface area (Å²) in [5.74, 6) is 0.387. The largest absolute Gasteiger partial charge is 0.504 e. The maximum absolute atomic E-state index is 13.3. The van der Waals surface area contributed by atoms with Crippen LogP contribution < -0.4 is 4.74 Å². The zero-order valence-corrected chi connectivity index (χ0v) is 22.2. The van der Waals surface area contributed by atoms with Crippen LogP contribution in [0.5, 0.6) is 11.5 Å². The third kappa shape index (κ3) is 3.42. The Hall–Kier alpha value is -2.51. The molecule has 2 fully saturated rings. The van der Waals surface area contributed by atoms with Crippen molar-refractivity contribution in [1.82, 2.24) is 9.80 Å². The van der Waals surface area contributed by atoms with E-state index in [1.54, 1.807) is 42.3 Å². The molecule has 8 heteroatoms. The number of carbonyl (C=O) groups is 1. The van der Waals surface area contributed by atoms with Gasteiger partial charge in [-0.2, -0.15) is 0 Å². The van der Waals surface area contributed by atoms with Gasteiger partial charge in [0, 0.05) is 31.3 Å². The molecule has 2 bridgehead atoms. The lowest BCUT2D eigenvalue weighted by Crippen LogP contribution is -2.78. The molecular weight excluding hydrogens is 511 g/mol. The third-order valence-electron chi connectivity index (χ3n) is 9.11. The van der Waals surface area contributed by atoms with E-state index < -0.39 is 17.1 Å². The number of ether oxygens (including phenoxy) is 1. The Morgan fingerprint density at radius 3 is 2.84 bits per heavy atom. The molecule has 0 unspecified atom stereocenters. The fourth-order valence-corrected chi connectivity index (χ4v) is 7.76. The van der Waals surface area contributed by atoms with Gasteiger partial charge in [0.15, 0.2) is 11.5 Å². The van der Waals surface area contributed by atoms with Crippen molar-refractivity contribution < 1.29 is 19.7 Å². The normalized spacial score (nSPS) is 31.6. The summed E-state index contributed by atoms with van der Waals surface area (Å²) in [6, 6.07) is 8.52. The second kappa shape index (κ2) is 8.77. The molecular formula is C29H30Cl2N2O4. The molecule has 0 radical (unpaired) electrons. The molecule has 2 N–H and O–H groups in total. The number of rotatable bonds is 5. The van der Waals surface area contributed by atoms with Gasteiger partial charge < -0.3 is 19.8 Å². The van der Waals surface area contributed by atoms with Gasteiger partial charge in [-0.3, -0.25) is 9.69 Å². The number of halogens is 2. The first-order chi connectivity index (χ1) is 17.7. The highest BCUT2D eigenvalue weighted by atomic mass is 35.5. The van der Waals surface area contributed by atoms with Crippen LogP contribution in [-0.2, 0) is 16.6 Å². The number of piperidine rings is 1. The van der Waals surface area contributed by atoms with Crippen LogP contribution in [0.25, 0.3) is 6.08 Å².